The molecule has 1 N–H and O–H groups in total. The lowest BCUT2D eigenvalue weighted by Crippen LogP contribution is -2.32. The Kier molecular flexibility index (Phi) is 12.6. The number of esters is 1. The predicted octanol–water partition coefficient (Wildman–Crippen LogP) is 1.90. The van der Waals surface area contributed by atoms with E-state index in [1.165, 1.54) is 6.08 Å². The number of likely N-dealkylation sites (N-methyl/N-ethyl adjacent to an activating group) is 2. The molecule has 1 rings (SSSR count). The zero-order valence-electron chi connectivity index (χ0n) is 18.8. The minimum Gasteiger partial charge on any atom is -0.493 e. The lowest BCUT2D eigenvalue weighted by atomic mass is 10.1. The van der Waals surface area contributed by atoms with Crippen molar-refractivity contribution in [3.05, 3.63) is 23.8 Å². The third-order valence-electron chi connectivity index (χ3n) is 4.59. The molecule has 0 radical (unpaired) electrons. The number of ether oxygens (including phenoxy) is 4. The van der Waals surface area contributed by atoms with Crippen molar-refractivity contribution in [2.45, 2.75) is 12.8 Å². The maximum absolute atomic E-state index is 12.0. The maximum atomic E-state index is 12.0. The first-order valence-electron chi connectivity index (χ1n) is 10.1. The van der Waals surface area contributed by atoms with Gasteiger partial charge in [0.1, 0.15) is 0 Å². The molecule has 1 aromatic carbocycles. The van der Waals surface area contributed by atoms with Crippen molar-refractivity contribution in [3.63, 3.8) is 0 Å². The maximum Gasteiger partial charge on any atom is 0.330 e. The molecule has 8 heteroatoms. The number of rotatable bonds is 15. The summed E-state index contributed by atoms with van der Waals surface area (Å²) in [7, 11) is 8.73. The summed E-state index contributed by atoms with van der Waals surface area (Å²) in [5, 5.41) is 8.85. The van der Waals surface area contributed by atoms with Crippen molar-refractivity contribution < 1.29 is 28.8 Å². The summed E-state index contributed by atoms with van der Waals surface area (Å²) in [6.45, 7) is 4.19. The first kappa shape index (κ1) is 25.7. The number of nitrogens with zero attached hydrogens (tertiary/aromatic N) is 2. The van der Waals surface area contributed by atoms with Crippen LogP contribution in [0.5, 0.6) is 17.2 Å². The Hall–Kier alpha value is -2.29. The van der Waals surface area contributed by atoms with E-state index in [-0.39, 0.29) is 6.61 Å². The van der Waals surface area contributed by atoms with Crippen LogP contribution in [0.3, 0.4) is 0 Å². The molecule has 0 heterocycles. The average molecular weight is 425 g/mol. The Morgan fingerprint density at radius 2 is 1.50 bits per heavy atom. The minimum atomic E-state index is -0.393. The van der Waals surface area contributed by atoms with E-state index in [1.54, 1.807) is 39.5 Å². The normalized spacial score (nSPS) is 11.3. The van der Waals surface area contributed by atoms with Crippen LogP contribution in [0.1, 0.15) is 18.4 Å². The molecule has 0 spiro atoms. The van der Waals surface area contributed by atoms with E-state index in [1.807, 2.05) is 14.1 Å². The molecular weight excluding hydrogens is 388 g/mol. The monoisotopic (exact) mass is 424 g/mol. The second-order valence-corrected chi connectivity index (χ2v) is 7.00. The van der Waals surface area contributed by atoms with Gasteiger partial charge in [-0.15, -0.1) is 0 Å². The summed E-state index contributed by atoms with van der Waals surface area (Å²) >= 11 is 0. The van der Waals surface area contributed by atoms with Crippen LogP contribution in [0, 0.1) is 0 Å². The third-order valence-corrected chi connectivity index (χ3v) is 4.59. The fourth-order valence-electron chi connectivity index (χ4n) is 2.82. The predicted molar refractivity (Wildman–Crippen MR) is 117 cm³/mol. The zero-order chi connectivity index (χ0) is 22.4. The van der Waals surface area contributed by atoms with Gasteiger partial charge in [0.2, 0.25) is 5.75 Å². The summed E-state index contributed by atoms with van der Waals surface area (Å²) in [6, 6.07) is 3.52. The molecule has 0 aliphatic heterocycles. The second-order valence-electron chi connectivity index (χ2n) is 7.00. The number of methoxy groups -OCH3 is 3. The van der Waals surface area contributed by atoms with Crippen LogP contribution in [0.4, 0.5) is 0 Å². The molecule has 0 bridgehead atoms. The molecule has 1 aromatic rings. The molecule has 30 heavy (non-hydrogen) atoms. The average Bonchev–Trinajstić information content (AvgIpc) is 2.76. The van der Waals surface area contributed by atoms with Crippen molar-refractivity contribution in [2.24, 2.45) is 0 Å². The highest BCUT2D eigenvalue weighted by molar-refractivity contribution is 5.87. The van der Waals surface area contributed by atoms with Gasteiger partial charge in [0, 0.05) is 38.9 Å². The summed E-state index contributed by atoms with van der Waals surface area (Å²) < 4.78 is 21.2. The quantitative estimate of drug-likeness (QED) is 0.260. The van der Waals surface area contributed by atoms with Crippen LogP contribution >= 0.6 is 0 Å². The van der Waals surface area contributed by atoms with Crippen molar-refractivity contribution >= 4 is 12.0 Å². The summed E-state index contributed by atoms with van der Waals surface area (Å²) in [5.74, 6) is 1.16. The summed E-state index contributed by atoms with van der Waals surface area (Å²) in [5.41, 5.74) is 0.742. The highest BCUT2D eigenvalue weighted by atomic mass is 16.5. The molecule has 0 unspecified atom stereocenters. The molecular formula is C22H36N2O6. The van der Waals surface area contributed by atoms with E-state index < -0.39 is 5.97 Å². The molecule has 0 fully saturated rings. The number of carbonyl (C=O) groups excluding carboxylic acids is 1. The largest absolute Gasteiger partial charge is 0.493 e. The molecule has 0 atom stereocenters. The summed E-state index contributed by atoms with van der Waals surface area (Å²) in [4.78, 5) is 16.4. The molecule has 0 aliphatic rings. The smallest absolute Gasteiger partial charge is 0.330 e. The van der Waals surface area contributed by atoms with Crippen LogP contribution < -0.4 is 14.2 Å². The Morgan fingerprint density at radius 3 is 2.00 bits per heavy atom. The lowest BCUT2D eigenvalue weighted by Gasteiger charge is -2.21. The zero-order valence-corrected chi connectivity index (χ0v) is 18.8. The van der Waals surface area contributed by atoms with Crippen LogP contribution in [0.25, 0.3) is 6.08 Å². The first-order chi connectivity index (χ1) is 14.4. The second kappa shape index (κ2) is 14.7. The van der Waals surface area contributed by atoms with E-state index in [0.29, 0.717) is 23.9 Å². The minimum absolute atomic E-state index is 0.222. The number of hydrogen-bond donors (Lipinski definition) is 1. The molecule has 0 aliphatic carbocycles. The summed E-state index contributed by atoms with van der Waals surface area (Å²) in [6.07, 6.45) is 4.60. The van der Waals surface area contributed by atoms with E-state index in [9.17, 15) is 4.79 Å². The highest BCUT2D eigenvalue weighted by Gasteiger charge is 2.12. The number of carbonyl (C=O) groups is 1. The number of aliphatic hydroxyl groups excluding tert-OH is 1. The molecule has 8 nitrogen and oxygen atoms in total. The van der Waals surface area contributed by atoms with Gasteiger partial charge in [-0.1, -0.05) is 0 Å². The molecule has 0 amide bonds. The van der Waals surface area contributed by atoms with Gasteiger partial charge < -0.3 is 33.9 Å². The Bertz CT molecular complexity index is 640. The van der Waals surface area contributed by atoms with Crippen molar-refractivity contribution in [3.8, 4) is 17.2 Å². The molecule has 170 valence electrons. The van der Waals surface area contributed by atoms with Crippen LogP contribution in [-0.4, -0.2) is 95.7 Å². The number of hydrogen-bond acceptors (Lipinski definition) is 8. The van der Waals surface area contributed by atoms with Crippen molar-refractivity contribution in [2.75, 3.05) is 74.8 Å². The van der Waals surface area contributed by atoms with Gasteiger partial charge in [0.05, 0.1) is 27.9 Å². The van der Waals surface area contributed by atoms with Gasteiger partial charge in [-0.2, -0.15) is 0 Å². The number of benzene rings is 1. The van der Waals surface area contributed by atoms with Gasteiger partial charge in [0.25, 0.3) is 0 Å². The standard InChI is InChI=1S/C22H36N2O6/c1-23(10-6-14-25)12-13-24(2)11-7-15-30-21(26)9-8-18-16-19(27-3)22(29-5)20(17-18)28-4/h8-9,16-17,25H,6-7,10-15H2,1-5H3/b9-8+. The van der Waals surface area contributed by atoms with Gasteiger partial charge in [-0.05, 0) is 50.7 Å². The van der Waals surface area contributed by atoms with Crippen LogP contribution in [0.2, 0.25) is 0 Å². The SMILES string of the molecule is COc1cc(/C=C/C(=O)OCCCN(C)CCN(C)CCCO)cc(OC)c1OC. The van der Waals surface area contributed by atoms with Crippen LogP contribution in [-0.2, 0) is 9.53 Å². The number of aliphatic hydroxyl groups is 1. The van der Waals surface area contributed by atoms with E-state index in [0.717, 1.165) is 44.6 Å². The molecule has 0 saturated carbocycles. The lowest BCUT2D eigenvalue weighted by molar-refractivity contribution is -0.137. The molecule has 0 saturated heterocycles. The van der Waals surface area contributed by atoms with Crippen molar-refractivity contribution in [1.29, 1.82) is 0 Å². The van der Waals surface area contributed by atoms with Crippen LogP contribution in [0.15, 0.2) is 18.2 Å². The fourth-order valence-corrected chi connectivity index (χ4v) is 2.82. The Morgan fingerprint density at radius 1 is 0.933 bits per heavy atom. The third kappa shape index (κ3) is 9.47. The van der Waals surface area contributed by atoms with Gasteiger partial charge >= 0.3 is 5.97 Å². The van der Waals surface area contributed by atoms with Gasteiger partial charge in [-0.3, -0.25) is 0 Å². The molecule has 0 aromatic heterocycles. The van der Waals surface area contributed by atoms with Gasteiger partial charge in [0.15, 0.2) is 11.5 Å². The van der Waals surface area contributed by atoms with Gasteiger partial charge in [-0.25, -0.2) is 4.79 Å². The fraction of sp³-hybridized carbons (Fsp3) is 0.591. The van der Waals surface area contributed by atoms with E-state index >= 15 is 0 Å². The Balaban J connectivity index is 2.39. The topological polar surface area (TPSA) is 80.7 Å². The Labute approximate surface area is 180 Å². The first-order valence-corrected chi connectivity index (χ1v) is 10.1. The van der Waals surface area contributed by atoms with E-state index in [4.69, 9.17) is 24.1 Å². The van der Waals surface area contributed by atoms with Crippen molar-refractivity contribution in [1.82, 2.24) is 9.80 Å². The highest BCUT2D eigenvalue weighted by Crippen LogP contribution is 2.38. The van der Waals surface area contributed by atoms with E-state index in [2.05, 4.69) is 9.80 Å².